The third-order valence-corrected chi connectivity index (χ3v) is 4.11. The van der Waals surface area contributed by atoms with E-state index < -0.39 is 0 Å². The second kappa shape index (κ2) is 5.75. The van der Waals surface area contributed by atoms with E-state index in [0.29, 0.717) is 0 Å². The van der Waals surface area contributed by atoms with Crippen LogP contribution in [0, 0.1) is 5.92 Å². The van der Waals surface area contributed by atoms with Gasteiger partial charge in [0.05, 0.1) is 12.3 Å². The van der Waals surface area contributed by atoms with Crippen molar-refractivity contribution in [3.05, 3.63) is 15.6 Å². The van der Waals surface area contributed by atoms with Gasteiger partial charge in [0.2, 0.25) is 0 Å². The molecule has 1 heterocycles. The maximum absolute atomic E-state index is 5.00. The summed E-state index contributed by atoms with van der Waals surface area (Å²) in [5, 5.41) is 4.58. The molecule has 1 aliphatic rings. The summed E-state index contributed by atoms with van der Waals surface area (Å²) < 4.78 is 5.00. The van der Waals surface area contributed by atoms with Crippen molar-refractivity contribution in [1.82, 2.24) is 10.3 Å². The molecule has 0 aromatic carbocycles. The maximum Gasteiger partial charge on any atom is 0.107 e. The van der Waals surface area contributed by atoms with Crippen molar-refractivity contribution in [2.45, 2.75) is 32.7 Å². The highest BCUT2D eigenvalue weighted by molar-refractivity contribution is 7.11. The van der Waals surface area contributed by atoms with Crippen LogP contribution in [-0.4, -0.2) is 25.2 Å². The first kappa shape index (κ1) is 12.0. The van der Waals surface area contributed by atoms with E-state index in [4.69, 9.17) is 9.72 Å². The van der Waals surface area contributed by atoms with Crippen molar-refractivity contribution in [1.29, 1.82) is 0 Å². The summed E-state index contributed by atoms with van der Waals surface area (Å²) in [6.07, 6.45) is 3.70. The Morgan fingerprint density at radius 1 is 1.56 bits per heavy atom. The minimum Gasteiger partial charge on any atom is -0.383 e. The molecule has 3 nitrogen and oxygen atoms in total. The molecule has 1 unspecified atom stereocenters. The molecule has 0 radical (unpaired) electrons. The third kappa shape index (κ3) is 3.03. The Kier molecular flexibility index (Phi) is 4.32. The number of methoxy groups -OCH3 is 1. The van der Waals surface area contributed by atoms with Crippen molar-refractivity contribution in [2.75, 3.05) is 20.3 Å². The molecule has 0 saturated carbocycles. The minimum absolute atomic E-state index is 0.766. The third-order valence-electron chi connectivity index (χ3n) is 2.99. The predicted octanol–water partition coefficient (Wildman–Crippen LogP) is 2.00. The Morgan fingerprint density at radius 3 is 3.25 bits per heavy atom. The molecular weight excluding hydrogens is 220 g/mol. The van der Waals surface area contributed by atoms with Crippen molar-refractivity contribution >= 4 is 11.3 Å². The lowest BCUT2D eigenvalue weighted by Crippen LogP contribution is -2.18. The first-order valence-electron chi connectivity index (χ1n) is 5.96. The molecule has 0 amide bonds. The molecule has 1 N–H and O–H groups in total. The molecule has 1 aromatic heterocycles. The fourth-order valence-electron chi connectivity index (χ4n) is 2.04. The summed E-state index contributed by atoms with van der Waals surface area (Å²) in [6, 6.07) is 0. The average Bonchev–Trinajstić information content (AvgIpc) is 2.66. The van der Waals surface area contributed by atoms with Gasteiger partial charge in [0.1, 0.15) is 5.01 Å². The van der Waals surface area contributed by atoms with Crippen LogP contribution >= 0.6 is 11.3 Å². The summed E-state index contributed by atoms with van der Waals surface area (Å²) in [5.74, 6) is 0.835. The SMILES string of the molecule is COCCNCc1nc2c(s1)CC(C)CC2. The smallest absolute Gasteiger partial charge is 0.107 e. The summed E-state index contributed by atoms with van der Waals surface area (Å²) in [5.41, 5.74) is 1.35. The highest BCUT2D eigenvalue weighted by Crippen LogP contribution is 2.29. The molecule has 1 aromatic rings. The quantitative estimate of drug-likeness (QED) is 0.799. The molecule has 0 saturated heterocycles. The fourth-order valence-corrected chi connectivity index (χ4v) is 3.29. The highest BCUT2D eigenvalue weighted by Gasteiger charge is 2.19. The molecule has 0 spiro atoms. The molecular formula is C12H20N2OS. The number of nitrogens with one attached hydrogen (secondary N) is 1. The number of hydrogen-bond acceptors (Lipinski definition) is 4. The number of rotatable bonds is 5. The van der Waals surface area contributed by atoms with Crippen molar-refractivity contribution in [2.24, 2.45) is 5.92 Å². The first-order chi connectivity index (χ1) is 7.79. The lowest BCUT2D eigenvalue weighted by atomic mass is 9.93. The van der Waals surface area contributed by atoms with Gasteiger partial charge in [-0.15, -0.1) is 11.3 Å². The van der Waals surface area contributed by atoms with Crippen LogP contribution in [-0.2, 0) is 24.1 Å². The van der Waals surface area contributed by atoms with Crippen molar-refractivity contribution in [3.8, 4) is 0 Å². The van der Waals surface area contributed by atoms with E-state index in [1.165, 1.54) is 34.8 Å². The number of nitrogens with zero attached hydrogens (tertiary/aromatic N) is 1. The number of hydrogen-bond donors (Lipinski definition) is 1. The van der Waals surface area contributed by atoms with E-state index in [0.717, 1.165) is 25.6 Å². The van der Waals surface area contributed by atoms with Gasteiger partial charge in [-0.1, -0.05) is 6.92 Å². The largest absolute Gasteiger partial charge is 0.383 e. The summed E-state index contributed by atoms with van der Waals surface area (Å²) in [4.78, 5) is 6.21. The lowest BCUT2D eigenvalue weighted by molar-refractivity contribution is 0.199. The van der Waals surface area contributed by atoms with Gasteiger partial charge < -0.3 is 10.1 Å². The zero-order chi connectivity index (χ0) is 11.4. The average molecular weight is 240 g/mol. The molecule has 1 atom stereocenters. The molecule has 0 fully saturated rings. The standard InChI is InChI=1S/C12H20N2OS/c1-9-3-4-10-11(7-9)16-12(14-10)8-13-5-6-15-2/h9,13H,3-8H2,1-2H3. The molecule has 90 valence electrons. The van der Waals surface area contributed by atoms with Gasteiger partial charge in [0.15, 0.2) is 0 Å². The van der Waals surface area contributed by atoms with Crippen LogP contribution < -0.4 is 5.32 Å². The minimum atomic E-state index is 0.766. The number of aryl methyl sites for hydroxylation is 1. The Bertz CT molecular complexity index is 338. The number of ether oxygens (including phenoxy) is 1. The van der Waals surface area contributed by atoms with Crippen LogP contribution in [0.3, 0.4) is 0 Å². The first-order valence-corrected chi connectivity index (χ1v) is 6.78. The fraction of sp³-hybridized carbons (Fsp3) is 0.750. The molecule has 16 heavy (non-hydrogen) atoms. The number of thiazole rings is 1. The molecule has 0 aliphatic heterocycles. The van der Waals surface area contributed by atoms with Gasteiger partial charge >= 0.3 is 0 Å². The second-order valence-corrected chi connectivity index (χ2v) is 5.66. The monoisotopic (exact) mass is 240 g/mol. The van der Waals surface area contributed by atoms with Gasteiger partial charge in [-0.3, -0.25) is 0 Å². The lowest BCUT2D eigenvalue weighted by Gasteiger charge is -2.15. The van der Waals surface area contributed by atoms with E-state index in [1.807, 2.05) is 11.3 Å². The Labute approximate surface area is 101 Å². The van der Waals surface area contributed by atoms with Gasteiger partial charge in [-0.05, 0) is 25.2 Å². The van der Waals surface area contributed by atoms with E-state index >= 15 is 0 Å². The Balaban J connectivity index is 1.87. The van der Waals surface area contributed by atoms with E-state index in [1.54, 1.807) is 7.11 Å². The van der Waals surface area contributed by atoms with Crippen molar-refractivity contribution in [3.63, 3.8) is 0 Å². The van der Waals surface area contributed by atoms with Crippen molar-refractivity contribution < 1.29 is 4.74 Å². The molecule has 0 bridgehead atoms. The van der Waals surface area contributed by atoms with Crippen LogP contribution in [0.1, 0.15) is 28.9 Å². The highest BCUT2D eigenvalue weighted by atomic mass is 32.1. The van der Waals surface area contributed by atoms with E-state index in [9.17, 15) is 0 Å². The predicted molar refractivity (Wildman–Crippen MR) is 66.9 cm³/mol. The topological polar surface area (TPSA) is 34.1 Å². The van der Waals surface area contributed by atoms with Crippen LogP contribution in [0.4, 0.5) is 0 Å². The van der Waals surface area contributed by atoms with Gasteiger partial charge in [0, 0.05) is 25.1 Å². The molecule has 1 aliphatic carbocycles. The Hall–Kier alpha value is -0.450. The van der Waals surface area contributed by atoms with Crippen LogP contribution in [0.15, 0.2) is 0 Å². The summed E-state index contributed by atoms with van der Waals surface area (Å²) >= 11 is 1.88. The maximum atomic E-state index is 5.00. The van der Waals surface area contributed by atoms with E-state index in [2.05, 4.69) is 12.2 Å². The zero-order valence-electron chi connectivity index (χ0n) is 10.1. The van der Waals surface area contributed by atoms with Gasteiger partial charge in [-0.25, -0.2) is 4.98 Å². The van der Waals surface area contributed by atoms with Gasteiger partial charge in [0.25, 0.3) is 0 Å². The van der Waals surface area contributed by atoms with E-state index in [-0.39, 0.29) is 0 Å². The van der Waals surface area contributed by atoms with Crippen LogP contribution in [0.2, 0.25) is 0 Å². The summed E-state index contributed by atoms with van der Waals surface area (Å²) in [7, 11) is 1.73. The number of aromatic nitrogens is 1. The summed E-state index contributed by atoms with van der Waals surface area (Å²) in [6.45, 7) is 4.88. The second-order valence-electron chi connectivity index (χ2n) is 4.50. The zero-order valence-corrected chi connectivity index (χ0v) is 10.9. The Morgan fingerprint density at radius 2 is 2.44 bits per heavy atom. The molecule has 4 heteroatoms. The van der Waals surface area contributed by atoms with Crippen LogP contribution in [0.5, 0.6) is 0 Å². The normalized spacial score (nSPS) is 19.8. The van der Waals surface area contributed by atoms with Crippen LogP contribution in [0.25, 0.3) is 0 Å². The molecule has 2 rings (SSSR count). The number of fused-ring (bicyclic) bond motifs is 1. The van der Waals surface area contributed by atoms with Gasteiger partial charge in [-0.2, -0.15) is 0 Å².